The van der Waals surface area contributed by atoms with Crippen LogP contribution in [0.4, 0.5) is 0 Å². The fraction of sp³-hybridized carbons (Fsp3) is 0.444. The highest BCUT2D eigenvalue weighted by Gasteiger charge is 2.38. The van der Waals surface area contributed by atoms with Crippen molar-refractivity contribution in [2.24, 2.45) is 0 Å². The lowest BCUT2D eigenvalue weighted by molar-refractivity contribution is -0.138. The number of hydrogen-bond acceptors (Lipinski definition) is 5. The van der Waals surface area contributed by atoms with E-state index in [4.69, 9.17) is 9.84 Å². The second-order valence-corrected chi connectivity index (χ2v) is 6.40. The Labute approximate surface area is 150 Å². The Balaban J connectivity index is 1.60. The minimum atomic E-state index is -0.894. The summed E-state index contributed by atoms with van der Waals surface area (Å²) in [5.41, 5.74) is 2.41. The Morgan fingerprint density at radius 2 is 2.08 bits per heavy atom. The van der Waals surface area contributed by atoms with Gasteiger partial charge < -0.3 is 14.7 Å². The first-order valence-corrected chi connectivity index (χ1v) is 8.51. The largest absolute Gasteiger partial charge is 0.481 e. The summed E-state index contributed by atoms with van der Waals surface area (Å²) in [5.74, 6) is -1.82. The summed E-state index contributed by atoms with van der Waals surface area (Å²) in [6, 6.07) is 4.89. The van der Waals surface area contributed by atoms with Gasteiger partial charge in [-0.2, -0.15) is 0 Å². The van der Waals surface area contributed by atoms with Crippen molar-refractivity contribution < 1.29 is 29.0 Å². The van der Waals surface area contributed by atoms with Crippen LogP contribution in [-0.4, -0.2) is 53.0 Å². The molecule has 2 N–H and O–H groups in total. The number of ether oxygens (including phenoxy) is 1. The summed E-state index contributed by atoms with van der Waals surface area (Å²) in [5, 5.41) is 10.8. The van der Waals surface area contributed by atoms with Crippen LogP contribution in [0.2, 0.25) is 0 Å². The maximum atomic E-state index is 12.6. The molecule has 26 heavy (non-hydrogen) atoms. The Kier molecular flexibility index (Phi) is 5.32. The molecule has 1 unspecified atom stereocenters. The number of carboxylic acid groups (broad SMARTS) is 1. The number of carbonyl (C=O) groups excluding carboxylic acids is 3. The van der Waals surface area contributed by atoms with E-state index in [0.29, 0.717) is 31.6 Å². The molecule has 0 radical (unpaired) electrons. The molecule has 1 saturated heterocycles. The van der Waals surface area contributed by atoms with Crippen molar-refractivity contribution in [3.05, 3.63) is 34.9 Å². The number of aliphatic carboxylic acids is 1. The number of carbonyl (C=O) groups is 4. The number of benzene rings is 1. The van der Waals surface area contributed by atoms with Gasteiger partial charge in [-0.15, -0.1) is 0 Å². The Morgan fingerprint density at radius 1 is 1.27 bits per heavy atom. The van der Waals surface area contributed by atoms with Crippen LogP contribution in [0.15, 0.2) is 18.2 Å². The smallest absolute Gasteiger partial charge is 0.305 e. The standard InChI is InChI=1S/C18H20N2O6/c21-15-4-3-14(17(24)19-15)20-10-12-9-11(1-2-13(12)18(20)25)5-7-26-8-6-16(22)23/h1-2,9,14H,3-8,10H2,(H,22,23)(H,19,21,24). The fourth-order valence-electron chi connectivity index (χ4n) is 3.23. The van der Waals surface area contributed by atoms with Gasteiger partial charge in [-0.1, -0.05) is 12.1 Å². The first-order chi connectivity index (χ1) is 12.5. The van der Waals surface area contributed by atoms with E-state index in [0.717, 1.165) is 11.1 Å². The van der Waals surface area contributed by atoms with E-state index in [-0.39, 0.29) is 31.3 Å². The number of hydrogen-bond donors (Lipinski definition) is 2. The monoisotopic (exact) mass is 360 g/mol. The number of amides is 3. The average Bonchev–Trinajstić information content (AvgIpc) is 2.90. The lowest BCUT2D eigenvalue weighted by Gasteiger charge is -2.29. The summed E-state index contributed by atoms with van der Waals surface area (Å²) < 4.78 is 5.29. The topological polar surface area (TPSA) is 113 Å². The number of rotatable bonds is 7. The molecule has 8 heteroatoms. The van der Waals surface area contributed by atoms with Gasteiger partial charge in [0.05, 0.1) is 19.6 Å². The molecule has 1 aromatic rings. The minimum absolute atomic E-state index is 0.0282. The Bertz CT molecular complexity index is 760. The van der Waals surface area contributed by atoms with Crippen molar-refractivity contribution in [1.29, 1.82) is 0 Å². The molecule has 138 valence electrons. The zero-order valence-electron chi connectivity index (χ0n) is 14.2. The van der Waals surface area contributed by atoms with Crippen LogP contribution in [0.1, 0.15) is 40.7 Å². The highest BCUT2D eigenvalue weighted by atomic mass is 16.5. The Morgan fingerprint density at radius 3 is 2.81 bits per heavy atom. The van der Waals surface area contributed by atoms with E-state index in [2.05, 4.69) is 5.32 Å². The van der Waals surface area contributed by atoms with Gasteiger partial charge in [0.25, 0.3) is 5.91 Å². The van der Waals surface area contributed by atoms with Crippen molar-refractivity contribution >= 4 is 23.7 Å². The van der Waals surface area contributed by atoms with Gasteiger partial charge in [0.15, 0.2) is 0 Å². The van der Waals surface area contributed by atoms with E-state index >= 15 is 0 Å². The third kappa shape index (κ3) is 3.91. The first-order valence-electron chi connectivity index (χ1n) is 8.51. The lowest BCUT2D eigenvalue weighted by atomic mass is 10.0. The van der Waals surface area contributed by atoms with Crippen LogP contribution in [0, 0.1) is 0 Å². The van der Waals surface area contributed by atoms with Crippen molar-refractivity contribution in [2.45, 2.75) is 38.3 Å². The van der Waals surface area contributed by atoms with Crippen LogP contribution in [0.5, 0.6) is 0 Å². The molecule has 0 saturated carbocycles. The maximum Gasteiger partial charge on any atom is 0.305 e. The maximum absolute atomic E-state index is 12.6. The molecular formula is C18H20N2O6. The predicted octanol–water partition coefficient (Wildman–Crippen LogP) is 0.481. The highest BCUT2D eigenvalue weighted by molar-refractivity contribution is 6.05. The van der Waals surface area contributed by atoms with Crippen molar-refractivity contribution in [3.63, 3.8) is 0 Å². The van der Waals surface area contributed by atoms with Crippen molar-refractivity contribution in [2.75, 3.05) is 13.2 Å². The molecule has 2 aliphatic heterocycles. The second-order valence-electron chi connectivity index (χ2n) is 6.40. The number of imide groups is 1. The SMILES string of the molecule is O=C(O)CCOCCc1ccc2c(c1)CN(C1CCC(=O)NC1=O)C2=O. The number of nitrogens with one attached hydrogen (secondary N) is 1. The number of fused-ring (bicyclic) bond motifs is 1. The lowest BCUT2D eigenvalue weighted by Crippen LogP contribution is -2.52. The fourth-order valence-corrected chi connectivity index (χ4v) is 3.23. The van der Waals surface area contributed by atoms with E-state index in [1.807, 2.05) is 12.1 Å². The molecule has 1 atom stereocenters. The van der Waals surface area contributed by atoms with Crippen LogP contribution in [-0.2, 0) is 32.1 Å². The van der Waals surface area contributed by atoms with Gasteiger partial charge in [-0.05, 0) is 30.0 Å². The molecule has 0 spiro atoms. The molecule has 2 heterocycles. The summed E-state index contributed by atoms with van der Waals surface area (Å²) in [4.78, 5) is 47.8. The number of carboxylic acids is 1. The third-order valence-electron chi connectivity index (χ3n) is 4.58. The molecule has 8 nitrogen and oxygen atoms in total. The molecule has 1 fully saturated rings. The zero-order valence-corrected chi connectivity index (χ0v) is 14.2. The van der Waals surface area contributed by atoms with Crippen molar-refractivity contribution in [3.8, 4) is 0 Å². The van der Waals surface area contributed by atoms with Gasteiger partial charge in [-0.25, -0.2) is 0 Å². The van der Waals surface area contributed by atoms with Crippen LogP contribution < -0.4 is 5.32 Å². The van der Waals surface area contributed by atoms with E-state index in [1.54, 1.807) is 6.07 Å². The Hall–Kier alpha value is -2.74. The van der Waals surface area contributed by atoms with Gasteiger partial charge in [0.2, 0.25) is 11.8 Å². The average molecular weight is 360 g/mol. The van der Waals surface area contributed by atoms with E-state index in [1.165, 1.54) is 4.90 Å². The summed E-state index contributed by atoms with van der Waals surface area (Å²) in [6.07, 6.45) is 1.16. The van der Waals surface area contributed by atoms with Gasteiger partial charge in [0.1, 0.15) is 6.04 Å². The minimum Gasteiger partial charge on any atom is -0.481 e. The molecule has 3 rings (SSSR count). The molecule has 0 aliphatic carbocycles. The number of nitrogens with zero attached hydrogens (tertiary/aromatic N) is 1. The molecule has 2 aliphatic rings. The summed E-state index contributed by atoms with van der Waals surface area (Å²) >= 11 is 0. The van der Waals surface area contributed by atoms with Crippen molar-refractivity contribution in [1.82, 2.24) is 10.2 Å². The highest BCUT2D eigenvalue weighted by Crippen LogP contribution is 2.28. The first kappa shape index (κ1) is 18.1. The quantitative estimate of drug-likeness (QED) is 0.540. The molecular weight excluding hydrogens is 340 g/mol. The molecule has 0 aromatic heterocycles. The van der Waals surface area contributed by atoms with Gasteiger partial charge in [0, 0.05) is 18.5 Å². The van der Waals surface area contributed by atoms with E-state index < -0.39 is 17.9 Å². The van der Waals surface area contributed by atoms with Crippen LogP contribution >= 0.6 is 0 Å². The summed E-state index contributed by atoms with van der Waals surface area (Å²) in [7, 11) is 0. The third-order valence-corrected chi connectivity index (χ3v) is 4.58. The zero-order chi connectivity index (χ0) is 18.7. The predicted molar refractivity (Wildman–Crippen MR) is 89.3 cm³/mol. The van der Waals surface area contributed by atoms with Crippen LogP contribution in [0.3, 0.4) is 0 Å². The molecule has 1 aromatic carbocycles. The second kappa shape index (κ2) is 7.65. The normalized spacial score (nSPS) is 19.5. The molecule has 0 bridgehead atoms. The van der Waals surface area contributed by atoms with Gasteiger partial charge in [-0.3, -0.25) is 24.5 Å². The van der Waals surface area contributed by atoms with E-state index in [9.17, 15) is 19.2 Å². The number of piperidine rings is 1. The molecule has 3 amide bonds. The van der Waals surface area contributed by atoms with Crippen LogP contribution in [0.25, 0.3) is 0 Å². The summed E-state index contributed by atoms with van der Waals surface area (Å²) in [6.45, 7) is 0.910. The van der Waals surface area contributed by atoms with Gasteiger partial charge >= 0.3 is 5.97 Å².